The van der Waals surface area contributed by atoms with Crippen molar-refractivity contribution in [1.29, 1.82) is 0 Å². The molecule has 0 unspecified atom stereocenters. The number of carboxylic acids is 1. The quantitative estimate of drug-likeness (QED) is 0.596. The first kappa shape index (κ1) is 18.8. The van der Waals surface area contributed by atoms with E-state index in [0.717, 1.165) is 0 Å². The summed E-state index contributed by atoms with van der Waals surface area (Å²) >= 11 is 0. The second-order valence-electron chi connectivity index (χ2n) is 2.99. The van der Waals surface area contributed by atoms with Gasteiger partial charge in [-0.3, -0.25) is 0 Å². The Morgan fingerprint density at radius 1 is 1.44 bits per heavy atom. The summed E-state index contributed by atoms with van der Waals surface area (Å²) in [7, 11) is 1.83. The molecule has 8 heteroatoms. The molecular formula is C10H16F3NO4. The van der Waals surface area contributed by atoms with Crippen LogP contribution in [-0.4, -0.2) is 42.9 Å². The number of alkyl halides is 3. The maximum atomic E-state index is 10.7. The molecule has 5 nitrogen and oxygen atoms in total. The molecule has 0 amide bonds. The topological polar surface area (TPSA) is 75.6 Å². The van der Waals surface area contributed by atoms with Gasteiger partial charge in [-0.25, -0.2) is 9.59 Å². The number of rotatable bonds is 4. The van der Waals surface area contributed by atoms with Gasteiger partial charge in [-0.1, -0.05) is 6.08 Å². The van der Waals surface area contributed by atoms with E-state index in [1.165, 1.54) is 6.08 Å². The van der Waals surface area contributed by atoms with Crippen LogP contribution in [0.2, 0.25) is 0 Å². The van der Waals surface area contributed by atoms with Gasteiger partial charge in [0.15, 0.2) is 0 Å². The van der Waals surface area contributed by atoms with Gasteiger partial charge in [-0.2, -0.15) is 13.2 Å². The highest BCUT2D eigenvalue weighted by molar-refractivity contribution is 5.81. The zero-order valence-electron chi connectivity index (χ0n) is 10.2. The fourth-order valence-corrected chi connectivity index (χ4v) is 0.510. The maximum Gasteiger partial charge on any atom is 0.490 e. The third kappa shape index (κ3) is 12.5. The number of carbonyl (C=O) groups excluding carboxylic acids is 1. The Morgan fingerprint density at radius 3 is 2.17 bits per heavy atom. The van der Waals surface area contributed by atoms with Crippen LogP contribution < -0.4 is 5.32 Å². The van der Waals surface area contributed by atoms with Crippen LogP contribution in [0, 0.1) is 0 Å². The van der Waals surface area contributed by atoms with E-state index >= 15 is 0 Å². The number of ether oxygens (including phenoxy) is 1. The van der Waals surface area contributed by atoms with Gasteiger partial charge in [0.25, 0.3) is 0 Å². The first-order valence-electron chi connectivity index (χ1n) is 4.97. The summed E-state index contributed by atoms with van der Waals surface area (Å²) in [5, 5.41) is 10.1. The smallest absolute Gasteiger partial charge is 0.475 e. The standard InChI is InChI=1S/C8H15NO2.C2HF3O2/c1-4-11-8(10)6-5-7(2)9-3;3-2(4,5)1(6)7/h5-7,9H,4H2,1-3H3;(H,6,7)/b6-5+;/t7-;/m0./s1. The molecule has 0 aromatic heterocycles. The fraction of sp³-hybridized carbons (Fsp3) is 0.600. The summed E-state index contributed by atoms with van der Waals surface area (Å²) in [5.41, 5.74) is 0. The highest BCUT2D eigenvalue weighted by atomic mass is 19.4. The normalized spacial score (nSPS) is 12.6. The molecule has 0 fully saturated rings. The van der Waals surface area contributed by atoms with Crippen molar-refractivity contribution in [3.63, 3.8) is 0 Å². The van der Waals surface area contributed by atoms with Crippen molar-refractivity contribution in [3.8, 4) is 0 Å². The van der Waals surface area contributed by atoms with Crippen molar-refractivity contribution in [1.82, 2.24) is 5.32 Å². The van der Waals surface area contributed by atoms with E-state index in [9.17, 15) is 18.0 Å². The summed E-state index contributed by atoms with van der Waals surface area (Å²) < 4.78 is 36.4. The average molecular weight is 271 g/mol. The summed E-state index contributed by atoms with van der Waals surface area (Å²) in [6, 6.07) is 0.208. The highest BCUT2D eigenvalue weighted by Crippen LogP contribution is 2.13. The molecule has 0 radical (unpaired) electrons. The minimum absolute atomic E-state index is 0.208. The Morgan fingerprint density at radius 2 is 1.89 bits per heavy atom. The molecule has 2 N–H and O–H groups in total. The summed E-state index contributed by atoms with van der Waals surface area (Å²) in [6.07, 6.45) is -1.89. The van der Waals surface area contributed by atoms with Crippen LogP contribution in [0.5, 0.6) is 0 Å². The third-order valence-electron chi connectivity index (χ3n) is 1.51. The van der Waals surface area contributed by atoms with Gasteiger partial charge >= 0.3 is 18.1 Å². The van der Waals surface area contributed by atoms with E-state index < -0.39 is 12.1 Å². The number of esters is 1. The Labute approximate surface area is 103 Å². The Kier molecular flexibility index (Phi) is 9.87. The molecule has 0 aromatic rings. The van der Waals surface area contributed by atoms with Gasteiger partial charge in [0, 0.05) is 12.1 Å². The monoisotopic (exact) mass is 271 g/mol. The van der Waals surface area contributed by atoms with E-state index in [0.29, 0.717) is 6.61 Å². The molecular weight excluding hydrogens is 255 g/mol. The van der Waals surface area contributed by atoms with Gasteiger partial charge in [0.05, 0.1) is 6.61 Å². The number of carbonyl (C=O) groups is 2. The zero-order chi connectivity index (χ0) is 14.8. The minimum Gasteiger partial charge on any atom is -0.475 e. The Hall–Kier alpha value is -1.57. The average Bonchev–Trinajstić information content (AvgIpc) is 2.25. The number of hydrogen-bond acceptors (Lipinski definition) is 4. The predicted molar refractivity (Wildman–Crippen MR) is 58.0 cm³/mol. The molecule has 0 aliphatic rings. The van der Waals surface area contributed by atoms with Crippen molar-refractivity contribution in [2.75, 3.05) is 13.7 Å². The fourth-order valence-electron chi connectivity index (χ4n) is 0.510. The first-order valence-corrected chi connectivity index (χ1v) is 4.97. The van der Waals surface area contributed by atoms with E-state index in [4.69, 9.17) is 9.90 Å². The van der Waals surface area contributed by atoms with Crippen LogP contribution in [0.3, 0.4) is 0 Å². The van der Waals surface area contributed by atoms with Crippen LogP contribution in [0.1, 0.15) is 13.8 Å². The summed E-state index contributed by atoms with van der Waals surface area (Å²) in [4.78, 5) is 19.6. The van der Waals surface area contributed by atoms with Gasteiger partial charge in [-0.15, -0.1) is 0 Å². The molecule has 106 valence electrons. The number of likely N-dealkylation sites (N-methyl/N-ethyl adjacent to an activating group) is 1. The van der Waals surface area contributed by atoms with Crippen LogP contribution >= 0.6 is 0 Å². The molecule has 18 heavy (non-hydrogen) atoms. The Bertz CT molecular complexity index is 289. The second kappa shape index (κ2) is 9.46. The lowest BCUT2D eigenvalue weighted by Crippen LogP contribution is -2.21. The van der Waals surface area contributed by atoms with Gasteiger partial charge in [0.2, 0.25) is 0 Å². The molecule has 0 aliphatic heterocycles. The predicted octanol–water partition coefficient (Wildman–Crippen LogP) is 1.35. The van der Waals surface area contributed by atoms with Gasteiger partial charge in [-0.05, 0) is 20.9 Å². The van der Waals surface area contributed by atoms with Crippen molar-refractivity contribution in [2.24, 2.45) is 0 Å². The van der Waals surface area contributed by atoms with E-state index in [1.807, 2.05) is 14.0 Å². The first-order chi connectivity index (χ1) is 8.15. The number of hydrogen-bond donors (Lipinski definition) is 2. The van der Waals surface area contributed by atoms with Gasteiger partial charge < -0.3 is 15.2 Å². The molecule has 0 bridgehead atoms. The molecule has 0 aliphatic carbocycles. The van der Waals surface area contributed by atoms with Crippen LogP contribution in [0.4, 0.5) is 13.2 Å². The van der Waals surface area contributed by atoms with Gasteiger partial charge in [0.1, 0.15) is 0 Å². The maximum absolute atomic E-state index is 10.7. The number of carboxylic acid groups (broad SMARTS) is 1. The highest BCUT2D eigenvalue weighted by Gasteiger charge is 2.38. The second-order valence-corrected chi connectivity index (χ2v) is 2.99. The van der Waals surface area contributed by atoms with Crippen molar-refractivity contribution >= 4 is 11.9 Å². The van der Waals surface area contributed by atoms with E-state index in [2.05, 4.69) is 10.1 Å². The third-order valence-corrected chi connectivity index (χ3v) is 1.51. The molecule has 0 rings (SSSR count). The number of halogens is 3. The molecule has 0 saturated carbocycles. The molecule has 0 aromatic carbocycles. The molecule has 0 saturated heterocycles. The van der Waals surface area contributed by atoms with Crippen LogP contribution in [0.25, 0.3) is 0 Å². The molecule has 1 atom stereocenters. The minimum atomic E-state index is -5.08. The largest absolute Gasteiger partial charge is 0.490 e. The lowest BCUT2D eigenvalue weighted by Gasteiger charge is -2.01. The van der Waals surface area contributed by atoms with Crippen LogP contribution in [-0.2, 0) is 14.3 Å². The lowest BCUT2D eigenvalue weighted by atomic mass is 10.3. The van der Waals surface area contributed by atoms with Crippen molar-refractivity contribution < 1.29 is 32.6 Å². The number of nitrogens with one attached hydrogen (secondary N) is 1. The van der Waals surface area contributed by atoms with E-state index in [1.54, 1.807) is 13.0 Å². The molecule has 0 spiro atoms. The number of aliphatic carboxylic acids is 1. The SMILES string of the molecule is CCOC(=O)/C=C/[C@H](C)NC.O=C(O)C(F)(F)F. The lowest BCUT2D eigenvalue weighted by molar-refractivity contribution is -0.192. The van der Waals surface area contributed by atoms with Crippen LogP contribution in [0.15, 0.2) is 12.2 Å². The summed E-state index contributed by atoms with van der Waals surface area (Å²) in [6.45, 7) is 4.17. The van der Waals surface area contributed by atoms with Crippen molar-refractivity contribution in [3.05, 3.63) is 12.2 Å². The molecule has 0 heterocycles. The summed E-state index contributed by atoms with van der Waals surface area (Å²) in [5.74, 6) is -3.04. The van der Waals surface area contributed by atoms with Crippen molar-refractivity contribution in [2.45, 2.75) is 26.1 Å². The Balaban J connectivity index is 0. The zero-order valence-corrected chi connectivity index (χ0v) is 10.2. The van der Waals surface area contributed by atoms with E-state index in [-0.39, 0.29) is 12.0 Å².